The standard InChI is InChI=1S/C16H18N4O3S/c1-4-20(13-7-5-6-11(2)8-13)24(21,22)14-9-15(17-10-14)16-19-18-12(3)23-16/h5-10,17H,4H2,1-3H3. The zero-order valence-corrected chi connectivity index (χ0v) is 14.5. The Balaban J connectivity index is 1.99. The molecule has 0 saturated heterocycles. The summed E-state index contributed by atoms with van der Waals surface area (Å²) < 4.78 is 32.6. The minimum Gasteiger partial charge on any atom is -0.420 e. The first-order chi connectivity index (χ1) is 11.4. The van der Waals surface area contributed by atoms with Crippen molar-refractivity contribution in [3.05, 3.63) is 48.0 Å². The molecule has 0 amide bonds. The van der Waals surface area contributed by atoms with Gasteiger partial charge in [-0.05, 0) is 37.6 Å². The maximum absolute atomic E-state index is 13.0. The molecule has 8 heteroatoms. The summed E-state index contributed by atoms with van der Waals surface area (Å²) >= 11 is 0. The van der Waals surface area contributed by atoms with Gasteiger partial charge in [-0.3, -0.25) is 4.31 Å². The SMILES string of the molecule is CCN(c1cccc(C)c1)S(=O)(=O)c1c[nH]c(-c2nnc(C)o2)c1. The molecule has 0 atom stereocenters. The molecule has 2 aromatic heterocycles. The Morgan fingerprint density at radius 3 is 2.62 bits per heavy atom. The summed E-state index contributed by atoms with van der Waals surface area (Å²) in [4.78, 5) is 3.03. The van der Waals surface area contributed by atoms with Crippen LogP contribution in [0.25, 0.3) is 11.6 Å². The number of nitrogens with one attached hydrogen (secondary N) is 1. The molecule has 0 spiro atoms. The number of nitrogens with zero attached hydrogens (tertiary/aromatic N) is 3. The van der Waals surface area contributed by atoms with E-state index in [2.05, 4.69) is 15.2 Å². The molecule has 0 aliphatic carbocycles. The third-order valence-corrected chi connectivity index (χ3v) is 5.46. The van der Waals surface area contributed by atoms with Crippen LogP contribution in [0.5, 0.6) is 0 Å². The lowest BCUT2D eigenvalue weighted by Gasteiger charge is -2.22. The number of rotatable bonds is 5. The quantitative estimate of drug-likeness (QED) is 0.767. The third kappa shape index (κ3) is 2.92. The normalized spacial score (nSPS) is 11.6. The maximum atomic E-state index is 13.0. The van der Waals surface area contributed by atoms with E-state index in [0.717, 1.165) is 5.56 Å². The fraction of sp³-hybridized carbons (Fsp3) is 0.250. The smallest absolute Gasteiger partial charge is 0.265 e. The Morgan fingerprint density at radius 2 is 2.00 bits per heavy atom. The van der Waals surface area contributed by atoms with Crippen LogP contribution in [-0.4, -0.2) is 30.1 Å². The van der Waals surface area contributed by atoms with E-state index in [1.807, 2.05) is 25.1 Å². The van der Waals surface area contributed by atoms with E-state index >= 15 is 0 Å². The minimum absolute atomic E-state index is 0.150. The van der Waals surface area contributed by atoms with Gasteiger partial charge in [0.05, 0.1) is 5.69 Å². The van der Waals surface area contributed by atoms with Gasteiger partial charge in [-0.15, -0.1) is 10.2 Å². The average molecular weight is 346 g/mol. The van der Waals surface area contributed by atoms with E-state index < -0.39 is 10.0 Å². The van der Waals surface area contributed by atoms with Crippen LogP contribution in [-0.2, 0) is 10.0 Å². The van der Waals surface area contributed by atoms with Crippen molar-refractivity contribution in [3.63, 3.8) is 0 Å². The highest BCUT2D eigenvalue weighted by Gasteiger charge is 2.25. The Labute approximate surface area is 140 Å². The molecule has 0 bridgehead atoms. The number of aryl methyl sites for hydroxylation is 2. The Morgan fingerprint density at radius 1 is 1.21 bits per heavy atom. The van der Waals surface area contributed by atoms with E-state index in [1.165, 1.54) is 16.6 Å². The summed E-state index contributed by atoms with van der Waals surface area (Å²) in [6, 6.07) is 8.89. The fourth-order valence-corrected chi connectivity index (χ4v) is 3.91. The largest absolute Gasteiger partial charge is 0.420 e. The first-order valence-electron chi connectivity index (χ1n) is 7.50. The van der Waals surface area contributed by atoms with Gasteiger partial charge < -0.3 is 9.40 Å². The van der Waals surface area contributed by atoms with E-state index in [1.54, 1.807) is 19.9 Å². The van der Waals surface area contributed by atoms with Crippen molar-refractivity contribution in [2.24, 2.45) is 0 Å². The van der Waals surface area contributed by atoms with Crippen molar-refractivity contribution in [1.29, 1.82) is 0 Å². The number of hydrogen-bond donors (Lipinski definition) is 1. The van der Waals surface area contributed by atoms with Crippen LogP contribution < -0.4 is 4.31 Å². The highest BCUT2D eigenvalue weighted by Crippen LogP contribution is 2.27. The summed E-state index contributed by atoms with van der Waals surface area (Å²) in [5.74, 6) is 0.673. The van der Waals surface area contributed by atoms with Crippen LogP contribution in [0.3, 0.4) is 0 Å². The van der Waals surface area contributed by atoms with Crippen molar-refractivity contribution < 1.29 is 12.8 Å². The Kier molecular flexibility index (Phi) is 4.15. The highest BCUT2D eigenvalue weighted by atomic mass is 32.2. The zero-order chi connectivity index (χ0) is 17.3. The van der Waals surface area contributed by atoms with Crippen molar-refractivity contribution in [2.45, 2.75) is 25.7 Å². The molecule has 0 saturated carbocycles. The minimum atomic E-state index is -3.69. The van der Waals surface area contributed by atoms with Gasteiger partial charge >= 0.3 is 0 Å². The molecule has 7 nitrogen and oxygen atoms in total. The van der Waals surface area contributed by atoms with E-state index in [4.69, 9.17) is 4.42 Å². The van der Waals surface area contributed by atoms with Crippen LogP contribution in [0.1, 0.15) is 18.4 Å². The zero-order valence-electron chi connectivity index (χ0n) is 13.6. The summed E-state index contributed by atoms with van der Waals surface area (Å²) in [7, 11) is -3.69. The van der Waals surface area contributed by atoms with Crippen LogP contribution in [0, 0.1) is 13.8 Å². The molecular weight excluding hydrogens is 328 g/mol. The van der Waals surface area contributed by atoms with E-state index in [9.17, 15) is 8.42 Å². The highest BCUT2D eigenvalue weighted by molar-refractivity contribution is 7.92. The molecule has 0 fully saturated rings. The molecule has 126 valence electrons. The van der Waals surface area contributed by atoms with Crippen LogP contribution >= 0.6 is 0 Å². The topological polar surface area (TPSA) is 92.1 Å². The molecule has 1 N–H and O–H groups in total. The Hall–Kier alpha value is -2.61. The summed E-state index contributed by atoms with van der Waals surface area (Å²) in [5, 5.41) is 7.64. The number of benzene rings is 1. The van der Waals surface area contributed by atoms with Gasteiger partial charge in [-0.2, -0.15) is 0 Å². The van der Waals surface area contributed by atoms with Crippen LogP contribution in [0.2, 0.25) is 0 Å². The second-order valence-corrected chi connectivity index (χ2v) is 7.25. The number of anilines is 1. The van der Waals surface area contributed by atoms with Crippen molar-refractivity contribution in [1.82, 2.24) is 15.2 Å². The predicted molar refractivity (Wildman–Crippen MR) is 90.2 cm³/mol. The maximum Gasteiger partial charge on any atom is 0.265 e. The summed E-state index contributed by atoms with van der Waals surface area (Å²) in [6.45, 7) is 5.73. The number of hydrogen-bond acceptors (Lipinski definition) is 5. The van der Waals surface area contributed by atoms with Crippen molar-refractivity contribution in [3.8, 4) is 11.6 Å². The number of H-pyrrole nitrogens is 1. The molecule has 1 aromatic carbocycles. The summed E-state index contributed by atoms with van der Waals surface area (Å²) in [6.07, 6.45) is 1.43. The van der Waals surface area contributed by atoms with Crippen LogP contribution in [0.15, 0.2) is 45.8 Å². The molecule has 0 aliphatic heterocycles. The summed E-state index contributed by atoms with van der Waals surface area (Å²) in [5.41, 5.74) is 2.10. The molecule has 0 radical (unpaired) electrons. The van der Waals surface area contributed by atoms with Crippen LogP contribution in [0.4, 0.5) is 5.69 Å². The first kappa shape index (κ1) is 16.3. The van der Waals surface area contributed by atoms with Gasteiger partial charge in [0, 0.05) is 19.7 Å². The van der Waals surface area contributed by atoms with Crippen molar-refractivity contribution >= 4 is 15.7 Å². The molecule has 2 heterocycles. The lowest BCUT2D eigenvalue weighted by atomic mass is 10.2. The molecular formula is C16H18N4O3S. The van der Waals surface area contributed by atoms with Gasteiger partial charge in [0.25, 0.3) is 15.9 Å². The lowest BCUT2D eigenvalue weighted by molar-refractivity contribution is 0.531. The van der Waals surface area contributed by atoms with E-state index in [0.29, 0.717) is 23.8 Å². The number of sulfonamides is 1. The van der Waals surface area contributed by atoms with Gasteiger partial charge in [0.1, 0.15) is 10.6 Å². The average Bonchev–Trinajstić information content (AvgIpc) is 3.16. The second kappa shape index (κ2) is 6.12. The number of aromatic nitrogens is 3. The predicted octanol–water partition coefficient (Wildman–Crippen LogP) is 2.90. The van der Waals surface area contributed by atoms with Gasteiger partial charge in [-0.25, -0.2) is 8.42 Å². The third-order valence-electron chi connectivity index (χ3n) is 3.58. The number of aromatic amines is 1. The molecule has 0 aliphatic rings. The molecule has 24 heavy (non-hydrogen) atoms. The fourth-order valence-electron chi connectivity index (χ4n) is 2.45. The van der Waals surface area contributed by atoms with Gasteiger partial charge in [0.15, 0.2) is 0 Å². The molecule has 0 unspecified atom stereocenters. The molecule has 3 rings (SSSR count). The Bertz CT molecular complexity index is 959. The monoisotopic (exact) mass is 346 g/mol. The van der Waals surface area contributed by atoms with Crippen molar-refractivity contribution in [2.75, 3.05) is 10.8 Å². The second-order valence-electron chi connectivity index (χ2n) is 5.38. The molecule has 3 aromatic rings. The lowest BCUT2D eigenvalue weighted by Crippen LogP contribution is -2.30. The van der Waals surface area contributed by atoms with E-state index in [-0.39, 0.29) is 10.8 Å². The first-order valence-corrected chi connectivity index (χ1v) is 8.94. The van der Waals surface area contributed by atoms with Gasteiger partial charge in [0.2, 0.25) is 5.89 Å². The van der Waals surface area contributed by atoms with Gasteiger partial charge in [-0.1, -0.05) is 12.1 Å².